The number of hydrogen-bond acceptors (Lipinski definition) is 6. The average Bonchev–Trinajstić information content (AvgIpc) is 2.86. The average molecular weight is 498 g/mol. The van der Waals surface area contributed by atoms with Gasteiger partial charge in [0.15, 0.2) is 0 Å². The molecule has 2 atom stereocenters. The van der Waals surface area contributed by atoms with Gasteiger partial charge in [0.25, 0.3) is 0 Å². The number of benzene rings is 3. The maximum absolute atomic E-state index is 10.1. The van der Waals surface area contributed by atoms with Crippen molar-refractivity contribution in [2.75, 3.05) is 26.2 Å². The van der Waals surface area contributed by atoms with Crippen molar-refractivity contribution in [3.63, 3.8) is 0 Å². The SMILES string of the molecule is Oc1ccc([C@@H]2Sc3cc(O)c(Cl)cc3O[C@@H]2c2ccc(OCCN3CCCCC3)cc2)cc1. The molecule has 3 aromatic carbocycles. The Bertz CT molecular complexity index is 1120. The van der Waals surface area contributed by atoms with Gasteiger partial charge in [-0.15, -0.1) is 11.8 Å². The molecule has 34 heavy (non-hydrogen) atoms. The fourth-order valence-electron chi connectivity index (χ4n) is 4.48. The van der Waals surface area contributed by atoms with E-state index in [-0.39, 0.29) is 27.9 Å². The highest BCUT2D eigenvalue weighted by atomic mass is 35.5. The molecule has 0 aliphatic carbocycles. The summed E-state index contributed by atoms with van der Waals surface area (Å²) < 4.78 is 12.4. The van der Waals surface area contributed by atoms with E-state index >= 15 is 0 Å². The van der Waals surface area contributed by atoms with E-state index in [0.29, 0.717) is 12.4 Å². The summed E-state index contributed by atoms with van der Waals surface area (Å²) in [5.74, 6) is 1.75. The van der Waals surface area contributed by atoms with E-state index in [1.165, 1.54) is 32.4 Å². The molecular formula is C27H28ClNO4S. The van der Waals surface area contributed by atoms with Gasteiger partial charge in [-0.1, -0.05) is 42.3 Å². The second kappa shape index (κ2) is 10.4. The summed E-state index contributed by atoms with van der Waals surface area (Å²) in [5.41, 5.74) is 2.04. The van der Waals surface area contributed by atoms with Crippen molar-refractivity contribution in [3.05, 3.63) is 76.8 Å². The molecule has 5 rings (SSSR count). The number of phenols is 2. The summed E-state index contributed by atoms with van der Waals surface area (Å²) in [5, 5.41) is 20.0. The highest BCUT2D eigenvalue weighted by Gasteiger charge is 2.34. The van der Waals surface area contributed by atoms with Gasteiger partial charge in [0, 0.05) is 12.6 Å². The Balaban J connectivity index is 1.34. The lowest BCUT2D eigenvalue weighted by atomic mass is 10.00. The molecule has 0 spiro atoms. The number of fused-ring (bicyclic) bond motifs is 1. The Kier molecular flexibility index (Phi) is 7.09. The van der Waals surface area contributed by atoms with Crippen molar-refractivity contribution in [1.29, 1.82) is 0 Å². The minimum atomic E-state index is -0.273. The van der Waals surface area contributed by atoms with Crippen molar-refractivity contribution < 1.29 is 19.7 Å². The minimum absolute atomic E-state index is 0.0328. The number of ether oxygens (including phenoxy) is 2. The molecule has 3 aromatic rings. The summed E-state index contributed by atoms with van der Waals surface area (Å²) in [6.07, 6.45) is 3.63. The van der Waals surface area contributed by atoms with E-state index in [2.05, 4.69) is 4.90 Å². The molecule has 2 aliphatic heterocycles. The molecule has 0 saturated carbocycles. The van der Waals surface area contributed by atoms with Gasteiger partial charge in [-0.25, -0.2) is 0 Å². The normalized spacial score (nSPS) is 20.4. The van der Waals surface area contributed by atoms with Crippen molar-refractivity contribution >= 4 is 23.4 Å². The smallest absolute Gasteiger partial charge is 0.140 e. The first kappa shape index (κ1) is 23.2. The number of thioether (sulfide) groups is 1. The molecule has 0 radical (unpaired) electrons. The van der Waals surface area contributed by atoms with Crippen molar-refractivity contribution in [2.45, 2.75) is 35.5 Å². The summed E-state index contributed by atoms with van der Waals surface area (Å²) in [6, 6.07) is 18.6. The van der Waals surface area contributed by atoms with Crippen LogP contribution in [0.1, 0.15) is 41.7 Å². The number of rotatable bonds is 6. The van der Waals surface area contributed by atoms with Gasteiger partial charge in [0.05, 0.1) is 15.2 Å². The zero-order valence-electron chi connectivity index (χ0n) is 18.8. The lowest BCUT2D eigenvalue weighted by Crippen LogP contribution is -2.33. The summed E-state index contributed by atoms with van der Waals surface area (Å²) >= 11 is 7.76. The molecule has 0 amide bonds. The molecular weight excluding hydrogens is 470 g/mol. The number of halogens is 1. The molecule has 2 N–H and O–H groups in total. The highest BCUT2D eigenvalue weighted by molar-refractivity contribution is 7.99. The Morgan fingerprint density at radius 1 is 0.941 bits per heavy atom. The van der Waals surface area contributed by atoms with Crippen LogP contribution < -0.4 is 9.47 Å². The monoisotopic (exact) mass is 497 g/mol. The number of nitrogens with zero attached hydrogens (tertiary/aromatic N) is 1. The third-order valence-corrected chi connectivity index (χ3v) is 8.00. The third-order valence-electron chi connectivity index (χ3n) is 6.35. The number of likely N-dealkylation sites (tertiary alicyclic amines) is 1. The molecule has 2 aliphatic rings. The molecule has 0 unspecified atom stereocenters. The largest absolute Gasteiger partial charge is 0.508 e. The first-order valence-electron chi connectivity index (χ1n) is 11.7. The van der Waals surface area contributed by atoms with E-state index in [0.717, 1.165) is 28.3 Å². The zero-order chi connectivity index (χ0) is 23.5. The number of phenolic OH excluding ortho intramolecular Hbond substituents is 2. The predicted octanol–water partition coefficient (Wildman–Crippen LogP) is 6.58. The van der Waals surface area contributed by atoms with Gasteiger partial charge >= 0.3 is 0 Å². The van der Waals surface area contributed by atoms with Gasteiger partial charge in [0.2, 0.25) is 0 Å². The van der Waals surface area contributed by atoms with Crippen LogP contribution in [0.4, 0.5) is 0 Å². The Morgan fingerprint density at radius 2 is 1.65 bits per heavy atom. The van der Waals surface area contributed by atoms with Gasteiger partial charge in [-0.2, -0.15) is 0 Å². The maximum Gasteiger partial charge on any atom is 0.140 e. The van der Waals surface area contributed by atoms with Crippen LogP contribution in [-0.4, -0.2) is 41.4 Å². The van der Waals surface area contributed by atoms with E-state index in [1.54, 1.807) is 36.0 Å². The van der Waals surface area contributed by atoms with Crippen molar-refractivity contribution in [1.82, 2.24) is 4.90 Å². The lowest BCUT2D eigenvalue weighted by Gasteiger charge is -2.34. The third kappa shape index (κ3) is 5.24. The van der Waals surface area contributed by atoms with E-state index in [9.17, 15) is 10.2 Å². The van der Waals surface area contributed by atoms with Crippen molar-refractivity contribution in [2.24, 2.45) is 0 Å². The van der Waals surface area contributed by atoms with Gasteiger partial charge in [-0.3, -0.25) is 4.90 Å². The van der Waals surface area contributed by atoms with Crippen LogP contribution in [0.25, 0.3) is 0 Å². The van der Waals surface area contributed by atoms with Crippen LogP contribution in [0, 0.1) is 0 Å². The van der Waals surface area contributed by atoms with Crippen molar-refractivity contribution in [3.8, 4) is 23.0 Å². The molecule has 0 aromatic heterocycles. The summed E-state index contributed by atoms with van der Waals surface area (Å²) in [7, 11) is 0. The van der Waals surface area contributed by atoms with Crippen LogP contribution in [0.15, 0.2) is 65.6 Å². The fraction of sp³-hybridized carbons (Fsp3) is 0.333. The van der Waals surface area contributed by atoms with Gasteiger partial charge < -0.3 is 19.7 Å². The Morgan fingerprint density at radius 3 is 2.38 bits per heavy atom. The molecule has 178 valence electrons. The van der Waals surface area contributed by atoms with E-state index in [1.807, 2.05) is 36.4 Å². The number of aromatic hydroxyl groups is 2. The summed E-state index contributed by atoms with van der Waals surface area (Å²) in [6.45, 7) is 3.97. The molecule has 5 nitrogen and oxygen atoms in total. The first-order valence-corrected chi connectivity index (χ1v) is 12.9. The van der Waals surface area contributed by atoms with Gasteiger partial charge in [0.1, 0.15) is 35.7 Å². The Hall–Kier alpha value is -2.54. The maximum atomic E-state index is 10.1. The van der Waals surface area contributed by atoms with Crippen LogP contribution >= 0.6 is 23.4 Å². The first-order chi connectivity index (χ1) is 16.6. The van der Waals surface area contributed by atoms with Gasteiger partial charge in [-0.05, 0) is 67.4 Å². The highest BCUT2D eigenvalue weighted by Crippen LogP contribution is 2.55. The lowest BCUT2D eigenvalue weighted by molar-refractivity contribution is 0.182. The topological polar surface area (TPSA) is 62.2 Å². The van der Waals surface area contributed by atoms with E-state index < -0.39 is 0 Å². The van der Waals surface area contributed by atoms with Crippen LogP contribution in [0.2, 0.25) is 5.02 Å². The fourth-order valence-corrected chi connectivity index (χ4v) is 5.94. The minimum Gasteiger partial charge on any atom is -0.508 e. The zero-order valence-corrected chi connectivity index (χ0v) is 20.4. The quantitative estimate of drug-likeness (QED) is 0.401. The molecule has 1 saturated heterocycles. The second-order valence-electron chi connectivity index (χ2n) is 8.74. The number of hydrogen-bond donors (Lipinski definition) is 2. The molecule has 7 heteroatoms. The van der Waals surface area contributed by atoms with Crippen LogP contribution in [-0.2, 0) is 0 Å². The molecule has 2 heterocycles. The summed E-state index contributed by atoms with van der Waals surface area (Å²) in [4.78, 5) is 3.29. The van der Waals surface area contributed by atoms with E-state index in [4.69, 9.17) is 21.1 Å². The molecule has 1 fully saturated rings. The Labute approximate surface area is 209 Å². The molecule has 0 bridgehead atoms. The number of piperidine rings is 1. The standard InChI is InChI=1S/C27H28ClNO4S/c28-22-16-24-25(17-23(22)31)34-27(19-4-8-20(30)9-5-19)26(33-24)18-6-10-21(11-7-18)32-15-14-29-12-2-1-3-13-29/h4-11,16-17,26-27,30-31H,1-3,12-15H2/t26-,27+/m1/s1. The van der Waals surface area contributed by atoms with Crippen LogP contribution in [0.5, 0.6) is 23.0 Å². The van der Waals surface area contributed by atoms with Crippen LogP contribution in [0.3, 0.4) is 0 Å². The second-order valence-corrected chi connectivity index (χ2v) is 10.3. The predicted molar refractivity (Wildman–Crippen MR) is 135 cm³/mol.